The molecule has 4 fully saturated rings. The quantitative estimate of drug-likeness (QED) is 0.519. The minimum absolute atomic E-state index is 0.0181. The summed E-state index contributed by atoms with van der Waals surface area (Å²) in [5.74, 6) is 1.21. The number of hydrogen-bond acceptors (Lipinski definition) is 6. The van der Waals surface area contributed by atoms with Gasteiger partial charge in [0, 0.05) is 6.42 Å². The largest absolute Gasteiger partial charge is 0.459 e. The molecule has 6 aliphatic rings. The molecule has 33 heavy (non-hydrogen) atoms. The van der Waals surface area contributed by atoms with E-state index in [9.17, 15) is 19.5 Å². The molecule has 0 amide bonds. The lowest BCUT2D eigenvalue weighted by Gasteiger charge is -2.56. The number of epoxide rings is 1. The first-order chi connectivity index (χ1) is 15.7. The van der Waals surface area contributed by atoms with Crippen molar-refractivity contribution in [3.63, 3.8) is 0 Å². The predicted octanol–water partition coefficient (Wildman–Crippen LogP) is 3.32. The fourth-order valence-corrected chi connectivity index (χ4v) is 9.05. The molecule has 1 spiro atoms. The summed E-state index contributed by atoms with van der Waals surface area (Å²) in [4.78, 5) is 38.4. The van der Waals surface area contributed by atoms with E-state index in [4.69, 9.17) is 9.47 Å². The standard InChI is InChI=1S/C27H34O6/c1-14-10-16(32-24(31)18(14)13-28)11-15-4-5-19-17-12-23-27(33-23)22(30)7-6-21(29)26(27,3)20(17)8-9-25(15,19)2/h6-7,15-17,19-20,23,28H,4-5,8-13H2,1-3H3. The third kappa shape index (κ3) is 2.60. The van der Waals surface area contributed by atoms with Gasteiger partial charge in [-0.2, -0.15) is 0 Å². The van der Waals surface area contributed by atoms with E-state index in [0.29, 0.717) is 29.7 Å². The van der Waals surface area contributed by atoms with E-state index >= 15 is 0 Å². The lowest BCUT2D eigenvalue weighted by Crippen LogP contribution is -2.62. The summed E-state index contributed by atoms with van der Waals surface area (Å²) in [6.07, 6.45) is 9.30. The maximum Gasteiger partial charge on any atom is 0.336 e. The lowest BCUT2D eigenvalue weighted by atomic mass is 9.45. The van der Waals surface area contributed by atoms with Gasteiger partial charge in [-0.15, -0.1) is 0 Å². The number of ketones is 2. The van der Waals surface area contributed by atoms with Gasteiger partial charge in [-0.25, -0.2) is 4.79 Å². The van der Waals surface area contributed by atoms with Gasteiger partial charge in [0.15, 0.2) is 17.2 Å². The summed E-state index contributed by atoms with van der Waals surface area (Å²) >= 11 is 0. The number of ether oxygens (including phenoxy) is 2. The Morgan fingerprint density at radius 3 is 2.55 bits per heavy atom. The van der Waals surface area contributed by atoms with Crippen molar-refractivity contribution in [2.24, 2.45) is 34.5 Å². The zero-order chi connectivity index (χ0) is 23.3. The van der Waals surface area contributed by atoms with Gasteiger partial charge in [-0.3, -0.25) is 9.59 Å². The number of aliphatic hydroxyl groups is 1. The third-order valence-electron chi connectivity index (χ3n) is 10.9. The Morgan fingerprint density at radius 1 is 1.06 bits per heavy atom. The van der Waals surface area contributed by atoms with Gasteiger partial charge in [0.25, 0.3) is 0 Å². The summed E-state index contributed by atoms with van der Waals surface area (Å²) in [5.41, 5.74) is -0.154. The molecule has 6 rings (SSSR count). The monoisotopic (exact) mass is 454 g/mol. The molecular formula is C27H34O6. The number of carbonyl (C=O) groups excluding carboxylic acids is 3. The molecule has 9 atom stereocenters. The van der Waals surface area contributed by atoms with E-state index in [0.717, 1.165) is 44.1 Å². The van der Waals surface area contributed by atoms with E-state index in [2.05, 4.69) is 6.92 Å². The number of fused-ring (bicyclic) bond motifs is 4. The van der Waals surface area contributed by atoms with Gasteiger partial charge in [0.2, 0.25) is 0 Å². The minimum atomic E-state index is -0.906. The second-order valence-corrected chi connectivity index (χ2v) is 11.9. The molecule has 1 saturated heterocycles. The smallest absolute Gasteiger partial charge is 0.336 e. The van der Waals surface area contributed by atoms with Crippen LogP contribution in [0.25, 0.3) is 0 Å². The predicted molar refractivity (Wildman–Crippen MR) is 119 cm³/mol. The number of rotatable bonds is 3. The van der Waals surface area contributed by atoms with Crippen LogP contribution < -0.4 is 0 Å². The molecule has 4 aliphatic carbocycles. The Bertz CT molecular complexity index is 1010. The van der Waals surface area contributed by atoms with Crippen LogP contribution in [-0.4, -0.2) is 47.1 Å². The highest BCUT2D eigenvalue weighted by Gasteiger charge is 2.80. The Labute approximate surface area is 194 Å². The van der Waals surface area contributed by atoms with Gasteiger partial charge < -0.3 is 14.6 Å². The normalized spacial score (nSPS) is 50.4. The maximum absolute atomic E-state index is 13.2. The van der Waals surface area contributed by atoms with Crippen LogP contribution in [0.5, 0.6) is 0 Å². The van der Waals surface area contributed by atoms with E-state index in [-0.39, 0.29) is 47.7 Å². The fourth-order valence-electron chi connectivity index (χ4n) is 9.05. The molecule has 6 heteroatoms. The van der Waals surface area contributed by atoms with Crippen molar-refractivity contribution in [2.45, 2.75) is 83.5 Å². The van der Waals surface area contributed by atoms with Crippen LogP contribution in [0, 0.1) is 34.5 Å². The second-order valence-electron chi connectivity index (χ2n) is 11.9. The highest BCUT2D eigenvalue weighted by atomic mass is 16.6. The number of cyclic esters (lactones) is 1. The van der Waals surface area contributed by atoms with Gasteiger partial charge in [0.1, 0.15) is 6.10 Å². The molecular weight excluding hydrogens is 420 g/mol. The van der Waals surface area contributed by atoms with Gasteiger partial charge in [-0.1, -0.05) is 12.5 Å². The Balaban J connectivity index is 1.25. The molecule has 2 heterocycles. The Hall–Kier alpha value is -1.79. The summed E-state index contributed by atoms with van der Waals surface area (Å²) in [6, 6.07) is 0. The first kappa shape index (κ1) is 21.7. The summed E-state index contributed by atoms with van der Waals surface area (Å²) in [7, 11) is 0. The molecule has 2 aliphatic heterocycles. The van der Waals surface area contributed by atoms with Crippen molar-refractivity contribution >= 4 is 17.5 Å². The number of carbonyl (C=O) groups is 3. The van der Waals surface area contributed by atoms with Crippen molar-refractivity contribution in [1.82, 2.24) is 0 Å². The lowest BCUT2D eigenvalue weighted by molar-refractivity contribution is -0.152. The molecule has 0 aromatic rings. The van der Waals surface area contributed by atoms with Crippen LogP contribution in [0.3, 0.4) is 0 Å². The van der Waals surface area contributed by atoms with Crippen LogP contribution in [-0.2, 0) is 23.9 Å². The van der Waals surface area contributed by atoms with Crippen molar-refractivity contribution in [2.75, 3.05) is 6.61 Å². The SMILES string of the molecule is CC1=C(CO)C(=O)OC(CC2CCC3C4CC5OC56C(=O)C=CC(=O)C6(C)C4CCC23C)C1. The number of allylic oxidation sites excluding steroid dienone is 1. The van der Waals surface area contributed by atoms with Gasteiger partial charge in [0.05, 0.1) is 23.7 Å². The summed E-state index contributed by atoms with van der Waals surface area (Å²) in [6.45, 7) is 6.07. The van der Waals surface area contributed by atoms with E-state index in [1.807, 2.05) is 13.8 Å². The molecule has 178 valence electrons. The molecule has 1 N–H and O–H groups in total. The third-order valence-corrected chi connectivity index (χ3v) is 10.9. The summed E-state index contributed by atoms with van der Waals surface area (Å²) < 4.78 is 11.8. The van der Waals surface area contributed by atoms with Crippen LogP contribution in [0.2, 0.25) is 0 Å². The molecule has 9 unspecified atom stereocenters. The van der Waals surface area contributed by atoms with Crippen LogP contribution >= 0.6 is 0 Å². The summed E-state index contributed by atoms with van der Waals surface area (Å²) in [5, 5.41) is 9.45. The Morgan fingerprint density at radius 2 is 1.82 bits per heavy atom. The zero-order valence-electron chi connectivity index (χ0n) is 19.8. The van der Waals surface area contributed by atoms with E-state index in [1.54, 1.807) is 0 Å². The molecule has 6 nitrogen and oxygen atoms in total. The maximum atomic E-state index is 13.2. The van der Waals surface area contributed by atoms with Gasteiger partial charge >= 0.3 is 5.97 Å². The first-order valence-corrected chi connectivity index (χ1v) is 12.6. The topological polar surface area (TPSA) is 93.2 Å². The highest BCUT2D eigenvalue weighted by Crippen LogP contribution is 2.72. The zero-order valence-corrected chi connectivity index (χ0v) is 19.8. The van der Waals surface area contributed by atoms with Crippen LogP contribution in [0.4, 0.5) is 0 Å². The second kappa shape index (κ2) is 6.88. The van der Waals surface area contributed by atoms with Crippen molar-refractivity contribution in [3.05, 3.63) is 23.3 Å². The van der Waals surface area contributed by atoms with Crippen LogP contribution in [0.1, 0.15) is 65.7 Å². The number of esters is 1. The highest BCUT2D eigenvalue weighted by molar-refractivity contribution is 6.15. The molecule has 0 bridgehead atoms. The molecule has 0 aromatic carbocycles. The minimum Gasteiger partial charge on any atom is -0.459 e. The van der Waals surface area contributed by atoms with Crippen LogP contribution in [0.15, 0.2) is 23.3 Å². The first-order valence-electron chi connectivity index (χ1n) is 12.6. The average Bonchev–Trinajstić information content (AvgIpc) is 3.41. The average molecular weight is 455 g/mol. The van der Waals surface area contributed by atoms with E-state index < -0.39 is 11.0 Å². The molecule has 3 saturated carbocycles. The van der Waals surface area contributed by atoms with Gasteiger partial charge in [-0.05, 0) is 93.6 Å². The van der Waals surface area contributed by atoms with Crippen molar-refractivity contribution in [1.29, 1.82) is 0 Å². The molecule has 0 radical (unpaired) electrons. The van der Waals surface area contributed by atoms with Crippen molar-refractivity contribution < 1.29 is 29.0 Å². The number of hydrogen-bond donors (Lipinski definition) is 1. The number of aliphatic hydroxyl groups excluding tert-OH is 1. The fraction of sp³-hybridized carbons (Fsp3) is 0.741. The Kier molecular flexibility index (Phi) is 4.53. The van der Waals surface area contributed by atoms with Crippen molar-refractivity contribution in [3.8, 4) is 0 Å². The molecule has 0 aromatic heterocycles. The van der Waals surface area contributed by atoms with E-state index in [1.165, 1.54) is 12.2 Å².